The van der Waals surface area contributed by atoms with Crippen molar-refractivity contribution in [2.45, 2.75) is 32.7 Å². The Morgan fingerprint density at radius 3 is 2.92 bits per heavy atom. The Morgan fingerprint density at radius 1 is 1.54 bits per heavy atom. The van der Waals surface area contributed by atoms with Crippen molar-refractivity contribution in [2.24, 2.45) is 18.7 Å². The molecule has 1 aliphatic carbocycles. The average Bonchev–Trinajstić information content (AvgIpc) is 2.35. The predicted octanol–water partition coefficient (Wildman–Crippen LogP) is 1.31. The number of nitrogens with zero attached hydrogens (tertiary/aromatic N) is 2. The quantitative estimate of drug-likeness (QED) is 0.652. The zero-order chi connectivity index (χ0) is 9.59. The summed E-state index contributed by atoms with van der Waals surface area (Å²) < 4.78 is 1.98. The summed E-state index contributed by atoms with van der Waals surface area (Å²) in [4.78, 5) is 0. The molecule has 2 unspecified atom stereocenters. The van der Waals surface area contributed by atoms with Crippen molar-refractivity contribution in [1.29, 1.82) is 0 Å². The number of fused-ring (bicyclic) bond motifs is 1. The van der Waals surface area contributed by atoms with Crippen LogP contribution < -0.4 is 5.73 Å². The lowest BCUT2D eigenvalue weighted by Gasteiger charge is -2.26. The molecule has 1 aromatic rings. The number of nitrogens with two attached hydrogens (primary N) is 1. The van der Waals surface area contributed by atoms with E-state index in [2.05, 4.69) is 18.9 Å². The van der Waals surface area contributed by atoms with Crippen LogP contribution in [-0.4, -0.2) is 9.78 Å². The number of aromatic nitrogens is 2. The third kappa shape index (κ3) is 1.18. The molecule has 3 heteroatoms. The van der Waals surface area contributed by atoms with Crippen molar-refractivity contribution in [2.75, 3.05) is 0 Å². The van der Waals surface area contributed by atoms with Crippen LogP contribution in [0.3, 0.4) is 0 Å². The van der Waals surface area contributed by atoms with E-state index in [0.29, 0.717) is 5.92 Å². The van der Waals surface area contributed by atoms with Gasteiger partial charge in [0.05, 0.1) is 5.69 Å². The molecule has 1 aromatic heterocycles. The molecule has 0 aromatic carbocycles. The van der Waals surface area contributed by atoms with Gasteiger partial charge in [0.15, 0.2) is 0 Å². The molecule has 1 heterocycles. The Labute approximate surface area is 78.9 Å². The van der Waals surface area contributed by atoms with Gasteiger partial charge in [-0.1, -0.05) is 6.92 Å². The number of hydrogen-bond acceptors (Lipinski definition) is 2. The normalized spacial score (nSPS) is 27.4. The monoisotopic (exact) mass is 179 g/mol. The van der Waals surface area contributed by atoms with Crippen LogP contribution in [0.4, 0.5) is 0 Å². The smallest absolute Gasteiger partial charge is 0.0644 e. The van der Waals surface area contributed by atoms with Gasteiger partial charge in [-0.3, -0.25) is 4.68 Å². The molecule has 0 fully saturated rings. The number of hydrogen-bond donors (Lipinski definition) is 1. The molecule has 0 aliphatic heterocycles. The fourth-order valence-electron chi connectivity index (χ4n) is 2.28. The Kier molecular flexibility index (Phi) is 1.91. The zero-order valence-electron chi connectivity index (χ0n) is 8.54. The topological polar surface area (TPSA) is 43.8 Å². The molecule has 1 aliphatic rings. The minimum Gasteiger partial charge on any atom is -0.324 e. The van der Waals surface area contributed by atoms with Crippen molar-refractivity contribution in [1.82, 2.24) is 9.78 Å². The largest absolute Gasteiger partial charge is 0.324 e. The maximum absolute atomic E-state index is 6.15. The summed E-state index contributed by atoms with van der Waals surface area (Å²) in [7, 11) is 2.01. The van der Waals surface area contributed by atoms with E-state index in [1.165, 1.54) is 17.7 Å². The third-order valence-electron chi connectivity index (χ3n) is 3.17. The van der Waals surface area contributed by atoms with Crippen LogP contribution >= 0.6 is 0 Å². The van der Waals surface area contributed by atoms with E-state index in [0.717, 1.165) is 12.1 Å². The molecule has 0 spiro atoms. The van der Waals surface area contributed by atoms with E-state index in [-0.39, 0.29) is 6.04 Å². The molecule has 72 valence electrons. The summed E-state index contributed by atoms with van der Waals surface area (Å²) in [5.41, 5.74) is 9.89. The SMILES string of the molecule is Cc1nn(C)c2c1C(N)C(C)CC2. The van der Waals surface area contributed by atoms with Crippen LogP contribution in [0.5, 0.6) is 0 Å². The first-order valence-electron chi connectivity index (χ1n) is 4.89. The molecule has 0 bridgehead atoms. The van der Waals surface area contributed by atoms with Gasteiger partial charge in [-0.25, -0.2) is 0 Å². The fourth-order valence-corrected chi connectivity index (χ4v) is 2.28. The second-order valence-corrected chi connectivity index (χ2v) is 4.11. The highest BCUT2D eigenvalue weighted by Crippen LogP contribution is 2.33. The first-order valence-corrected chi connectivity index (χ1v) is 4.89. The summed E-state index contributed by atoms with van der Waals surface area (Å²) in [5, 5.41) is 4.41. The Hall–Kier alpha value is -0.830. The molecule has 0 amide bonds. The molecular weight excluding hydrogens is 162 g/mol. The van der Waals surface area contributed by atoms with Gasteiger partial charge in [0.25, 0.3) is 0 Å². The molecule has 13 heavy (non-hydrogen) atoms. The van der Waals surface area contributed by atoms with Gasteiger partial charge in [0.2, 0.25) is 0 Å². The molecule has 2 rings (SSSR count). The highest BCUT2D eigenvalue weighted by molar-refractivity contribution is 5.31. The summed E-state index contributed by atoms with van der Waals surface area (Å²) >= 11 is 0. The molecule has 2 N–H and O–H groups in total. The van der Waals surface area contributed by atoms with E-state index >= 15 is 0 Å². The molecule has 3 nitrogen and oxygen atoms in total. The number of aryl methyl sites for hydroxylation is 2. The lowest BCUT2D eigenvalue weighted by atomic mass is 9.83. The van der Waals surface area contributed by atoms with Gasteiger partial charge >= 0.3 is 0 Å². The summed E-state index contributed by atoms with van der Waals surface area (Å²) in [6, 6.07) is 0.192. The van der Waals surface area contributed by atoms with Gasteiger partial charge in [0.1, 0.15) is 0 Å². The Balaban J connectivity index is 2.52. The van der Waals surface area contributed by atoms with E-state index in [1.807, 2.05) is 11.7 Å². The fraction of sp³-hybridized carbons (Fsp3) is 0.700. The summed E-state index contributed by atoms with van der Waals surface area (Å²) in [6.07, 6.45) is 2.31. The zero-order valence-corrected chi connectivity index (χ0v) is 8.54. The minimum atomic E-state index is 0.192. The molecule has 0 saturated heterocycles. The Bertz CT molecular complexity index is 327. The van der Waals surface area contributed by atoms with Crippen LogP contribution in [0, 0.1) is 12.8 Å². The second kappa shape index (κ2) is 2.84. The van der Waals surface area contributed by atoms with Gasteiger partial charge in [-0.15, -0.1) is 0 Å². The first-order chi connectivity index (χ1) is 6.11. The van der Waals surface area contributed by atoms with Gasteiger partial charge < -0.3 is 5.73 Å². The van der Waals surface area contributed by atoms with Gasteiger partial charge in [-0.05, 0) is 25.7 Å². The lowest BCUT2D eigenvalue weighted by molar-refractivity contribution is 0.403. The molecular formula is C10H17N3. The van der Waals surface area contributed by atoms with E-state index in [1.54, 1.807) is 0 Å². The molecule has 0 saturated carbocycles. The van der Waals surface area contributed by atoms with E-state index < -0.39 is 0 Å². The summed E-state index contributed by atoms with van der Waals surface area (Å²) in [5.74, 6) is 0.593. The van der Waals surface area contributed by atoms with Gasteiger partial charge in [0, 0.05) is 24.3 Å². The highest BCUT2D eigenvalue weighted by Gasteiger charge is 2.28. The maximum Gasteiger partial charge on any atom is 0.0644 e. The van der Waals surface area contributed by atoms with Crippen LogP contribution in [0.15, 0.2) is 0 Å². The molecule has 0 radical (unpaired) electrons. The van der Waals surface area contributed by atoms with E-state index in [9.17, 15) is 0 Å². The highest BCUT2D eigenvalue weighted by atomic mass is 15.3. The van der Waals surface area contributed by atoms with Crippen molar-refractivity contribution in [3.63, 3.8) is 0 Å². The lowest BCUT2D eigenvalue weighted by Crippen LogP contribution is -2.25. The molecule has 2 atom stereocenters. The van der Waals surface area contributed by atoms with E-state index in [4.69, 9.17) is 5.73 Å². The summed E-state index contributed by atoms with van der Waals surface area (Å²) in [6.45, 7) is 4.27. The van der Waals surface area contributed by atoms with Crippen molar-refractivity contribution in [3.8, 4) is 0 Å². The van der Waals surface area contributed by atoms with Crippen LogP contribution in [0.2, 0.25) is 0 Å². The number of rotatable bonds is 0. The van der Waals surface area contributed by atoms with Crippen LogP contribution in [-0.2, 0) is 13.5 Å². The standard InChI is InChI=1S/C10H17N3/c1-6-4-5-8-9(10(6)11)7(2)12-13(8)3/h6,10H,4-5,11H2,1-3H3. The van der Waals surface area contributed by atoms with Crippen molar-refractivity contribution < 1.29 is 0 Å². The maximum atomic E-state index is 6.15. The third-order valence-corrected chi connectivity index (χ3v) is 3.17. The van der Waals surface area contributed by atoms with Crippen LogP contribution in [0.1, 0.15) is 36.3 Å². The minimum absolute atomic E-state index is 0.192. The first kappa shape index (κ1) is 8.75. The predicted molar refractivity (Wildman–Crippen MR) is 52.4 cm³/mol. The van der Waals surface area contributed by atoms with Crippen LogP contribution in [0.25, 0.3) is 0 Å². The Morgan fingerprint density at radius 2 is 2.23 bits per heavy atom. The average molecular weight is 179 g/mol. The van der Waals surface area contributed by atoms with Gasteiger partial charge in [-0.2, -0.15) is 5.10 Å². The van der Waals surface area contributed by atoms with Crippen molar-refractivity contribution in [3.05, 3.63) is 17.0 Å². The second-order valence-electron chi connectivity index (χ2n) is 4.11. The van der Waals surface area contributed by atoms with Crippen molar-refractivity contribution >= 4 is 0 Å².